The number of nitriles is 2. The Morgan fingerprint density at radius 2 is 1.88 bits per heavy atom. The molecule has 2 heterocycles. The Morgan fingerprint density at radius 1 is 1.20 bits per heavy atom. The van der Waals surface area contributed by atoms with Crippen molar-refractivity contribution in [1.82, 2.24) is 4.98 Å². The molecule has 0 fully saturated rings. The monoisotopic (exact) mass is 336 g/mol. The molecule has 25 heavy (non-hydrogen) atoms. The highest BCUT2D eigenvalue weighted by Crippen LogP contribution is 2.38. The first-order chi connectivity index (χ1) is 12.0. The quantitative estimate of drug-likeness (QED) is 0.858. The van der Waals surface area contributed by atoms with E-state index in [1.807, 2.05) is 12.1 Å². The number of rotatable bonds is 3. The van der Waals surface area contributed by atoms with Crippen molar-refractivity contribution in [2.24, 2.45) is 0 Å². The molecule has 0 amide bonds. The van der Waals surface area contributed by atoms with Crippen molar-refractivity contribution in [3.05, 3.63) is 35.0 Å². The Kier molecular flexibility index (Phi) is 4.11. The fourth-order valence-electron chi connectivity index (χ4n) is 2.65. The summed E-state index contributed by atoms with van der Waals surface area (Å²) in [5, 5.41) is 28.0. The van der Waals surface area contributed by atoms with E-state index in [2.05, 4.69) is 4.98 Å². The highest BCUT2D eigenvalue weighted by molar-refractivity contribution is 5.84. The third kappa shape index (κ3) is 2.89. The number of nitrogens with zero attached hydrogens (tertiary/aromatic N) is 3. The summed E-state index contributed by atoms with van der Waals surface area (Å²) < 4.78 is 11.0. The smallest absolute Gasteiger partial charge is 0.309 e. The average molecular weight is 336 g/mol. The Bertz CT molecular complexity index is 957. The molecule has 2 aromatic rings. The first-order valence-electron chi connectivity index (χ1n) is 7.29. The SMILES string of the molecule is N#Cc1c(N)nc(CC(=O)O)c(C#N)c1-c1ccc2c(c1)OCCO2. The number of ether oxygens (including phenoxy) is 2. The molecule has 0 bridgehead atoms. The van der Waals surface area contributed by atoms with Crippen molar-refractivity contribution in [3.63, 3.8) is 0 Å². The van der Waals surface area contributed by atoms with Crippen LogP contribution in [0.2, 0.25) is 0 Å². The predicted octanol–water partition coefficient (Wildman–Crippen LogP) is 1.47. The highest BCUT2D eigenvalue weighted by Gasteiger charge is 2.23. The molecule has 0 saturated carbocycles. The van der Waals surface area contributed by atoms with Gasteiger partial charge in [-0.05, 0) is 17.7 Å². The van der Waals surface area contributed by atoms with Crippen molar-refractivity contribution in [3.8, 4) is 34.8 Å². The number of nitrogen functional groups attached to an aromatic ring is 1. The van der Waals surface area contributed by atoms with Gasteiger partial charge < -0.3 is 20.3 Å². The summed E-state index contributed by atoms with van der Waals surface area (Å²) in [7, 11) is 0. The summed E-state index contributed by atoms with van der Waals surface area (Å²) in [5.74, 6) is -0.240. The molecule has 1 aliphatic rings. The van der Waals surface area contributed by atoms with Gasteiger partial charge >= 0.3 is 5.97 Å². The van der Waals surface area contributed by atoms with Gasteiger partial charge in [-0.15, -0.1) is 0 Å². The van der Waals surface area contributed by atoms with Crippen LogP contribution in [0.25, 0.3) is 11.1 Å². The number of aliphatic carboxylic acids is 1. The van der Waals surface area contributed by atoms with Gasteiger partial charge in [-0.1, -0.05) is 6.07 Å². The third-order valence-electron chi connectivity index (χ3n) is 3.67. The third-order valence-corrected chi connectivity index (χ3v) is 3.67. The normalized spacial score (nSPS) is 12.1. The maximum atomic E-state index is 11.1. The van der Waals surface area contributed by atoms with E-state index in [0.29, 0.717) is 30.3 Å². The largest absolute Gasteiger partial charge is 0.486 e. The Labute approximate surface area is 142 Å². The summed E-state index contributed by atoms with van der Waals surface area (Å²) in [4.78, 5) is 15.0. The number of carbonyl (C=O) groups is 1. The van der Waals surface area contributed by atoms with Crippen LogP contribution in [0.15, 0.2) is 18.2 Å². The summed E-state index contributed by atoms with van der Waals surface area (Å²) >= 11 is 0. The van der Waals surface area contributed by atoms with Crippen LogP contribution in [0.1, 0.15) is 16.8 Å². The minimum Gasteiger partial charge on any atom is -0.486 e. The van der Waals surface area contributed by atoms with Gasteiger partial charge in [0.15, 0.2) is 11.5 Å². The molecule has 0 radical (unpaired) electrons. The highest BCUT2D eigenvalue weighted by atomic mass is 16.6. The van der Waals surface area contributed by atoms with E-state index in [1.165, 1.54) is 0 Å². The van der Waals surface area contributed by atoms with Crippen LogP contribution in [0, 0.1) is 22.7 Å². The summed E-state index contributed by atoms with van der Waals surface area (Å²) in [6, 6.07) is 8.85. The van der Waals surface area contributed by atoms with Crippen molar-refractivity contribution >= 4 is 11.8 Å². The molecular formula is C17H12N4O4. The van der Waals surface area contributed by atoms with Crippen LogP contribution in [-0.2, 0) is 11.2 Å². The molecule has 0 atom stereocenters. The molecular weight excluding hydrogens is 324 g/mol. The van der Waals surface area contributed by atoms with Crippen molar-refractivity contribution in [2.45, 2.75) is 6.42 Å². The summed E-state index contributed by atoms with van der Waals surface area (Å²) in [5.41, 5.74) is 6.59. The van der Waals surface area contributed by atoms with Gasteiger partial charge in [0, 0.05) is 5.56 Å². The lowest BCUT2D eigenvalue weighted by Gasteiger charge is -2.20. The van der Waals surface area contributed by atoms with Crippen LogP contribution in [0.4, 0.5) is 5.82 Å². The van der Waals surface area contributed by atoms with E-state index in [1.54, 1.807) is 18.2 Å². The molecule has 3 rings (SSSR count). The number of carboxylic acids is 1. The first kappa shape index (κ1) is 16.1. The summed E-state index contributed by atoms with van der Waals surface area (Å²) in [6.45, 7) is 0.819. The minimum atomic E-state index is -1.15. The van der Waals surface area contributed by atoms with E-state index in [-0.39, 0.29) is 28.2 Å². The number of aromatic nitrogens is 1. The van der Waals surface area contributed by atoms with Gasteiger partial charge in [0.05, 0.1) is 17.7 Å². The first-order valence-corrected chi connectivity index (χ1v) is 7.29. The van der Waals surface area contributed by atoms with Crippen molar-refractivity contribution < 1.29 is 19.4 Å². The van der Waals surface area contributed by atoms with Crippen LogP contribution in [0.5, 0.6) is 11.5 Å². The van der Waals surface area contributed by atoms with E-state index >= 15 is 0 Å². The molecule has 3 N–H and O–H groups in total. The molecule has 8 nitrogen and oxygen atoms in total. The lowest BCUT2D eigenvalue weighted by Crippen LogP contribution is -2.15. The van der Waals surface area contributed by atoms with E-state index in [0.717, 1.165) is 0 Å². The number of fused-ring (bicyclic) bond motifs is 1. The standard InChI is InChI=1S/C17H12N4O4/c18-7-10-12(6-15(22)23)21-17(20)11(8-19)16(10)9-1-2-13-14(5-9)25-4-3-24-13/h1-2,5H,3-4,6H2,(H2,20,21)(H,22,23). The predicted molar refractivity (Wildman–Crippen MR) is 85.8 cm³/mol. The second-order valence-corrected chi connectivity index (χ2v) is 5.22. The maximum absolute atomic E-state index is 11.1. The lowest BCUT2D eigenvalue weighted by atomic mass is 9.93. The number of benzene rings is 1. The molecule has 0 aliphatic carbocycles. The average Bonchev–Trinajstić information content (AvgIpc) is 2.60. The Hall–Kier alpha value is -3.78. The number of pyridine rings is 1. The van der Waals surface area contributed by atoms with Crippen molar-refractivity contribution in [2.75, 3.05) is 18.9 Å². The van der Waals surface area contributed by atoms with E-state index in [4.69, 9.17) is 20.3 Å². The number of anilines is 1. The number of hydrogen-bond donors (Lipinski definition) is 2. The molecule has 0 saturated heterocycles. The van der Waals surface area contributed by atoms with Crippen LogP contribution >= 0.6 is 0 Å². The van der Waals surface area contributed by atoms with Crippen LogP contribution in [0.3, 0.4) is 0 Å². The van der Waals surface area contributed by atoms with Gasteiger partial charge in [0.1, 0.15) is 36.7 Å². The second-order valence-electron chi connectivity index (χ2n) is 5.22. The van der Waals surface area contributed by atoms with Gasteiger partial charge in [-0.25, -0.2) is 4.98 Å². The topological polar surface area (TPSA) is 142 Å². The fraction of sp³-hybridized carbons (Fsp3) is 0.176. The Morgan fingerprint density at radius 3 is 2.52 bits per heavy atom. The molecule has 124 valence electrons. The number of nitrogens with two attached hydrogens (primary N) is 1. The minimum absolute atomic E-state index is 0.00447. The molecule has 8 heteroatoms. The zero-order chi connectivity index (χ0) is 18.0. The van der Waals surface area contributed by atoms with Gasteiger partial charge in [-0.3, -0.25) is 4.79 Å². The van der Waals surface area contributed by atoms with E-state index in [9.17, 15) is 15.3 Å². The molecule has 1 aliphatic heterocycles. The number of carboxylic acid groups (broad SMARTS) is 1. The van der Waals surface area contributed by atoms with Crippen LogP contribution < -0.4 is 15.2 Å². The zero-order valence-corrected chi connectivity index (χ0v) is 12.9. The van der Waals surface area contributed by atoms with Crippen molar-refractivity contribution in [1.29, 1.82) is 10.5 Å². The fourth-order valence-corrected chi connectivity index (χ4v) is 2.65. The van der Waals surface area contributed by atoms with Gasteiger partial charge in [0.25, 0.3) is 0 Å². The molecule has 0 spiro atoms. The maximum Gasteiger partial charge on any atom is 0.309 e. The van der Waals surface area contributed by atoms with Crippen LogP contribution in [-0.4, -0.2) is 29.3 Å². The van der Waals surface area contributed by atoms with E-state index < -0.39 is 12.4 Å². The molecule has 0 unspecified atom stereocenters. The number of hydrogen-bond acceptors (Lipinski definition) is 7. The van der Waals surface area contributed by atoms with Gasteiger partial charge in [-0.2, -0.15) is 10.5 Å². The molecule has 1 aromatic heterocycles. The second kappa shape index (κ2) is 6.38. The lowest BCUT2D eigenvalue weighted by molar-refractivity contribution is -0.136. The molecule has 1 aromatic carbocycles. The Balaban J connectivity index is 2.27. The zero-order valence-electron chi connectivity index (χ0n) is 12.9. The summed E-state index contributed by atoms with van der Waals surface area (Å²) in [6.07, 6.45) is -0.476. The van der Waals surface area contributed by atoms with Gasteiger partial charge in [0.2, 0.25) is 0 Å².